The fraction of sp³-hybridized carbons (Fsp3) is 0.455. The van der Waals surface area contributed by atoms with Gasteiger partial charge in [0.05, 0.1) is 26.1 Å². The summed E-state index contributed by atoms with van der Waals surface area (Å²) in [5.41, 5.74) is 1.71. The average Bonchev–Trinajstić information content (AvgIpc) is 2.79. The van der Waals surface area contributed by atoms with Gasteiger partial charge in [0.1, 0.15) is 0 Å². The molecule has 0 N–H and O–H groups in total. The van der Waals surface area contributed by atoms with Crippen molar-refractivity contribution < 1.29 is 22.1 Å². The van der Waals surface area contributed by atoms with Crippen molar-refractivity contribution in [2.75, 3.05) is 19.5 Å². The molecule has 0 amide bonds. The molecule has 6 heteroatoms. The van der Waals surface area contributed by atoms with Gasteiger partial charge in [0.25, 0.3) is 10.1 Å². The molecule has 1 aromatic carbocycles. The summed E-state index contributed by atoms with van der Waals surface area (Å²) in [5, 5.41) is 0. The zero-order chi connectivity index (χ0) is 12.3. The summed E-state index contributed by atoms with van der Waals surface area (Å²) >= 11 is 0. The molecule has 0 unspecified atom stereocenters. The van der Waals surface area contributed by atoms with E-state index in [9.17, 15) is 8.42 Å². The van der Waals surface area contributed by atoms with Crippen LogP contribution in [-0.4, -0.2) is 27.9 Å². The summed E-state index contributed by atoms with van der Waals surface area (Å²) in [4.78, 5) is 0. The third-order valence-electron chi connectivity index (χ3n) is 2.31. The second-order valence-corrected chi connectivity index (χ2v) is 5.43. The quantitative estimate of drug-likeness (QED) is 0.760. The van der Waals surface area contributed by atoms with Crippen molar-refractivity contribution in [1.82, 2.24) is 0 Å². The van der Waals surface area contributed by atoms with E-state index in [1.54, 1.807) is 12.1 Å². The highest BCUT2D eigenvalue weighted by molar-refractivity contribution is 7.85. The van der Waals surface area contributed by atoms with Crippen LogP contribution in [0.15, 0.2) is 24.3 Å². The van der Waals surface area contributed by atoms with E-state index in [2.05, 4.69) is 0 Å². The maximum Gasteiger partial charge on any atom is 0.264 e. The molecule has 0 bridgehead atoms. The number of hydrogen-bond donors (Lipinski definition) is 0. The summed E-state index contributed by atoms with van der Waals surface area (Å²) in [6, 6.07) is 7.28. The first-order valence-corrected chi connectivity index (χ1v) is 7.03. The van der Waals surface area contributed by atoms with Crippen molar-refractivity contribution in [3.05, 3.63) is 35.4 Å². The lowest BCUT2D eigenvalue weighted by atomic mass is 10.1. The second kappa shape index (κ2) is 5.14. The summed E-state index contributed by atoms with van der Waals surface area (Å²) in [6.45, 7) is 1.25. The molecule has 5 nitrogen and oxygen atoms in total. The molecule has 0 atom stereocenters. The van der Waals surface area contributed by atoms with Crippen LogP contribution >= 0.6 is 0 Å². The van der Waals surface area contributed by atoms with Gasteiger partial charge < -0.3 is 9.47 Å². The maximum absolute atomic E-state index is 10.8. The topological polar surface area (TPSA) is 61.8 Å². The molecule has 1 aliphatic rings. The number of rotatable bonds is 4. The van der Waals surface area contributed by atoms with E-state index < -0.39 is 10.1 Å². The molecular weight excluding hydrogens is 244 g/mol. The Morgan fingerprint density at radius 3 is 2.35 bits per heavy atom. The Bertz CT molecular complexity index is 459. The van der Waals surface area contributed by atoms with E-state index in [1.807, 2.05) is 12.1 Å². The molecule has 1 heterocycles. The minimum Gasteiger partial charge on any atom is -0.346 e. The zero-order valence-corrected chi connectivity index (χ0v) is 10.3. The molecular formula is C11H14O5S. The maximum atomic E-state index is 10.8. The van der Waals surface area contributed by atoms with Gasteiger partial charge in [-0.3, -0.25) is 4.18 Å². The van der Waals surface area contributed by atoms with Crippen LogP contribution in [0.5, 0.6) is 0 Å². The van der Waals surface area contributed by atoms with E-state index in [4.69, 9.17) is 13.7 Å². The van der Waals surface area contributed by atoms with Crippen LogP contribution in [0.3, 0.4) is 0 Å². The smallest absolute Gasteiger partial charge is 0.264 e. The van der Waals surface area contributed by atoms with Crippen LogP contribution < -0.4 is 0 Å². The first-order chi connectivity index (χ1) is 8.04. The van der Waals surface area contributed by atoms with E-state index in [0.29, 0.717) is 13.2 Å². The van der Waals surface area contributed by atoms with E-state index >= 15 is 0 Å². The summed E-state index contributed by atoms with van der Waals surface area (Å²) in [6.07, 6.45) is 0.724. The molecule has 1 saturated heterocycles. The van der Waals surface area contributed by atoms with Gasteiger partial charge in [-0.2, -0.15) is 8.42 Å². The van der Waals surface area contributed by atoms with Gasteiger partial charge >= 0.3 is 0 Å². The molecule has 0 aliphatic carbocycles. The standard InChI is InChI=1S/C11H14O5S/c1-17(12,13)16-8-9-2-4-10(5-3-9)11-14-6-7-15-11/h2-5,11H,6-8H2,1H3. The van der Waals surface area contributed by atoms with Crippen LogP contribution in [-0.2, 0) is 30.4 Å². The molecule has 0 aromatic heterocycles. The fourth-order valence-electron chi connectivity index (χ4n) is 1.50. The van der Waals surface area contributed by atoms with Gasteiger partial charge in [0, 0.05) is 5.56 Å². The Labute approximate surface area is 100 Å². The molecule has 0 radical (unpaired) electrons. The lowest BCUT2D eigenvalue weighted by molar-refractivity contribution is -0.0441. The van der Waals surface area contributed by atoms with Crippen LogP contribution in [0.4, 0.5) is 0 Å². The first kappa shape index (κ1) is 12.5. The van der Waals surface area contributed by atoms with E-state index in [1.165, 1.54) is 0 Å². The largest absolute Gasteiger partial charge is 0.346 e. The van der Waals surface area contributed by atoms with E-state index in [0.717, 1.165) is 17.4 Å². The third-order valence-corrected chi connectivity index (χ3v) is 2.86. The molecule has 1 aromatic rings. The average molecular weight is 258 g/mol. The van der Waals surface area contributed by atoms with Crippen molar-refractivity contribution in [3.63, 3.8) is 0 Å². The normalized spacial score (nSPS) is 17.5. The van der Waals surface area contributed by atoms with Crippen molar-refractivity contribution >= 4 is 10.1 Å². The zero-order valence-electron chi connectivity index (χ0n) is 9.46. The summed E-state index contributed by atoms with van der Waals surface area (Å²) in [7, 11) is -3.40. The fourth-order valence-corrected chi connectivity index (χ4v) is 1.85. The summed E-state index contributed by atoms with van der Waals surface area (Å²) < 4.78 is 37.0. The van der Waals surface area contributed by atoms with Gasteiger partial charge in [-0.25, -0.2) is 0 Å². The minimum atomic E-state index is -3.40. The van der Waals surface area contributed by atoms with Crippen LogP contribution in [0.2, 0.25) is 0 Å². The molecule has 0 spiro atoms. The van der Waals surface area contributed by atoms with Crippen LogP contribution in [0, 0.1) is 0 Å². The van der Waals surface area contributed by atoms with Gasteiger partial charge in [0.2, 0.25) is 0 Å². The molecule has 1 aliphatic heterocycles. The second-order valence-electron chi connectivity index (χ2n) is 3.78. The lowest BCUT2D eigenvalue weighted by Gasteiger charge is -2.09. The highest BCUT2D eigenvalue weighted by Gasteiger charge is 2.17. The summed E-state index contributed by atoms with van der Waals surface area (Å²) in [5.74, 6) is 0. The Kier molecular flexibility index (Phi) is 3.78. The Balaban J connectivity index is 1.97. The third kappa shape index (κ3) is 3.78. The predicted octanol–water partition coefficient (Wildman–Crippen LogP) is 1.21. The van der Waals surface area contributed by atoms with Gasteiger partial charge in [-0.1, -0.05) is 24.3 Å². The Morgan fingerprint density at radius 1 is 1.24 bits per heavy atom. The molecule has 1 fully saturated rings. The molecule has 2 rings (SSSR count). The SMILES string of the molecule is CS(=O)(=O)OCc1ccc(C2OCCO2)cc1. The predicted molar refractivity (Wildman–Crippen MR) is 60.7 cm³/mol. The van der Waals surface area contributed by atoms with Gasteiger partial charge in [0.15, 0.2) is 6.29 Å². The van der Waals surface area contributed by atoms with Crippen LogP contribution in [0.1, 0.15) is 17.4 Å². The molecule has 94 valence electrons. The Morgan fingerprint density at radius 2 is 1.82 bits per heavy atom. The molecule has 17 heavy (non-hydrogen) atoms. The van der Waals surface area contributed by atoms with Gasteiger partial charge in [-0.15, -0.1) is 0 Å². The van der Waals surface area contributed by atoms with Crippen molar-refractivity contribution in [3.8, 4) is 0 Å². The first-order valence-electron chi connectivity index (χ1n) is 5.21. The highest BCUT2D eigenvalue weighted by Crippen LogP contribution is 2.23. The van der Waals surface area contributed by atoms with Crippen LogP contribution in [0.25, 0.3) is 0 Å². The monoisotopic (exact) mass is 258 g/mol. The number of ether oxygens (including phenoxy) is 2. The Hall–Kier alpha value is -0.950. The minimum absolute atomic E-state index is 0.0471. The number of hydrogen-bond acceptors (Lipinski definition) is 5. The number of benzene rings is 1. The van der Waals surface area contributed by atoms with Crippen molar-refractivity contribution in [2.45, 2.75) is 12.9 Å². The highest BCUT2D eigenvalue weighted by atomic mass is 32.2. The van der Waals surface area contributed by atoms with Crippen molar-refractivity contribution in [2.24, 2.45) is 0 Å². The van der Waals surface area contributed by atoms with E-state index in [-0.39, 0.29) is 12.9 Å². The van der Waals surface area contributed by atoms with Gasteiger partial charge in [-0.05, 0) is 5.56 Å². The lowest BCUT2D eigenvalue weighted by Crippen LogP contribution is -2.03. The van der Waals surface area contributed by atoms with Crippen molar-refractivity contribution in [1.29, 1.82) is 0 Å². The molecule has 0 saturated carbocycles.